The van der Waals surface area contributed by atoms with Crippen LogP contribution >= 0.6 is 15.9 Å². The summed E-state index contributed by atoms with van der Waals surface area (Å²) in [4.78, 5) is 2.52. The monoisotopic (exact) mass is 253 g/mol. The van der Waals surface area contributed by atoms with E-state index in [1.54, 1.807) is 11.1 Å². The molecule has 0 spiro atoms. The van der Waals surface area contributed by atoms with Crippen LogP contribution in [-0.2, 0) is 12.8 Å². The number of benzene rings is 1. The van der Waals surface area contributed by atoms with Crippen molar-refractivity contribution in [3.05, 3.63) is 34.9 Å². The molecule has 1 aromatic rings. The molecule has 0 saturated heterocycles. The van der Waals surface area contributed by atoms with E-state index in [4.69, 9.17) is 0 Å². The van der Waals surface area contributed by atoms with Crippen LogP contribution in [0, 0.1) is 0 Å². The lowest BCUT2D eigenvalue weighted by Gasteiger charge is -2.19. The summed E-state index contributed by atoms with van der Waals surface area (Å²) in [6.45, 7) is 0. The second kappa shape index (κ2) is 4.03. The predicted molar refractivity (Wildman–Crippen MR) is 63.8 cm³/mol. The molecule has 76 valence electrons. The number of halogens is 1. The molecule has 1 aromatic carbocycles. The van der Waals surface area contributed by atoms with Gasteiger partial charge in [-0.05, 0) is 50.0 Å². The van der Waals surface area contributed by atoms with E-state index in [0.29, 0.717) is 4.95 Å². The van der Waals surface area contributed by atoms with Crippen molar-refractivity contribution in [1.29, 1.82) is 0 Å². The van der Waals surface area contributed by atoms with Crippen molar-refractivity contribution in [1.82, 2.24) is 4.90 Å². The molecular weight excluding hydrogens is 238 g/mol. The number of aryl methyl sites for hydroxylation is 2. The highest BCUT2D eigenvalue weighted by Gasteiger charge is 2.14. The molecule has 0 aliphatic heterocycles. The maximum Gasteiger partial charge on any atom is 0.0906 e. The molecule has 1 aliphatic carbocycles. The first-order valence-electron chi connectivity index (χ1n) is 5.10. The van der Waals surface area contributed by atoms with Gasteiger partial charge in [0.05, 0.1) is 4.95 Å². The Balaban J connectivity index is 2.28. The van der Waals surface area contributed by atoms with Crippen molar-refractivity contribution in [2.45, 2.75) is 24.2 Å². The van der Waals surface area contributed by atoms with Crippen LogP contribution in [0.2, 0.25) is 0 Å². The topological polar surface area (TPSA) is 3.24 Å². The van der Waals surface area contributed by atoms with Gasteiger partial charge in [0.1, 0.15) is 0 Å². The summed E-state index contributed by atoms with van der Waals surface area (Å²) >= 11 is 3.68. The minimum atomic E-state index is 0.341. The molecule has 0 aromatic heterocycles. The molecule has 14 heavy (non-hydrogen) atoms. The highest BCUT2D eigenvalue weighted by atomic mass is 79.9. The molecule has 0 bridgehead atoms. The van der Waals surface area contributed by atoms with Crippen LogP contribution in [-0.4, -0.2) is 19.0 Å². The van der Waals surface area contributed by atoms with E-state index < -0.39 is 0 Å². The molecule has 0 fully saturated rings. The van der Waals surface area contributed by atoms with E-state index >= 15 is 0 Å². The fourth-order valence-electron chi connectivity index (χ4n) is 2.04. The molecule has 1 aliphatic rings. The van der Waals surface area contributed by atoms with Crippen molar-refractivity contribution in [3.8, 4) is 0 Å². The van der Waals surface area contributed by atoms with Gasteiger partial charge in [0, 0.05) is 0 Å². The van der Waals surface area contributed by atoms with E-state index in [1.165, 1.54) is 24.8 Å². The van der Waals surface area contributed by atoms with Gasteiger partial charge in [0.2, 0.25) is 0 Å². The summed E-state index contributed by atoms with van der Waals surface area (Å²) in [6.07, 6.45) is 3.86. The predicted octanol–water partition coefficient (Wildman–Crippen LogP) is 3.13. The van der Waals surface area contributed by atoms with E-state index in [1.807, 2.05) is 0 Å². The zero-order valence-electron chi connectivity index (χ0n) is 8.76. The molecule has 1 unspecified atom stereocenters. The number of nitrogens with zero attached hydrogens (tertiary/aromatic N) is 1. The fraction of sp³-hybridized carbons (Fsp3) is 0.500. The minimum absolute atomic E-state index is 0.341. The quantitative estimate of drug-likeness (QED) is 0.579. The average Bonchev–Trinajstić information content (AvgIpc) is 2.62. The van der Waals surface area contributed by atoms with Crippen LogP contribution in [0.25, 0.3) is 0 Å². The summed E-state index contributed by atoms with van der Waals surface area (Å²) in [5.74, 6) is 0. The number of alkyl halides is 1. The van der Waals surface area contributed by atoms with Crippen molar-refractivity contribution in [3.63, 3.8) is 0 Å². The lowest BCUT2D eigenvalue weighted by atomic mass is 10.1. The molecule has 0 N–H and O–H groups in total. The Hall–Kier alpha value is -0.340. The number of rotatable bonds is 2. The van der Waals surface area contributed by atoms with Crippen LogP contribution in [0.4, 0.5) is 0 Å². The Morgan fingerprint density at radius 2 is 1.93 bits per heavy atom. The van der Waals surface area contributed by atoms with Gasteiger partial charge in [-0.3, -0.25) is 4.90 Å². The van der Waals surface area contributed by atoms with Gasteiger partial charge in [0.25, 0.3) is 0 Å². The van der Waals surface area contributed by atoms with Gasteiger partial charge in [-0.25, -0.2) is 0 Å². The lowest BCUT2D eigenvalue weighted by Crippen LogP contribution is -2.14. The minimum Gasteiger partial charge on any atom is -0.293 e. The van der Waals surface area contributed by atoms with E-state index in [9.17, 15) is 0 Å². The Labute approximate surface area is 94.2 Å². The summed E-state index contributed by atoms with van der Waals surface area (Å²) in [5.41, 5.74) is 4.47. The average molecular weight is 254 g/mol. The molecule has 0 amide bonds. The zero-order chi connectivity index (χ0) is 10.1. The zero-order valence-corrected chi connectivity index (χ0v) is 10.3. The maximum atomic E-state index is 3.68. The molecule has 0 saturated carbocycles. The normalized spacial score (nSPS) is 17.1. The largest absolute Gasteiger partial charge is 0.293 e. The Bertz CT molecular complexity index is 333. The van der Waals surface area contributed by atoms with Crippen LogP contribution < -0.4 is 0 Å². The van der Waals surface area contributed by atoms with Gasteiger partial charge in [0.15, 0.2) is 0 Å². The van der Waals surface area contributed by atoms with Gasteiger partial charge in [-0.2, -0.15) is 0 Å². The fourth-order valence-corrected chi connectivity index (χ4v) is 2.32. The van der Waals surface area contributed by atoms with Gasteiger partial charge < -0.3 is 0 Å². The van der Waals surface area contributed by atoms with Crippen LogP contribution in [0.3, 0.4) is 0 Å². The molecule has 1 atom stereocenters. The summed E-state index contributed by atoms with van der Waals surface area (Å²) in [7, 11) is 4.18. The van der Waals surface area contributed by atoms with E-state index in [-0.39, 0.29) is 0 Å². The SMILES string of the molecule is CN(C)C(Br)c1ccc2c(c1)CCC2. The molecular formula is C12H16BrN. The van der Waals surface area contributed by atoms with Crippen molar-refractivity contribution in [2.24, 2.45) is 0 Å². The van der Waals surface area contributed by atoms with E-state index in [0.717, 1.165) is 0 Å². The highest BCUT2D eigenvalue weighted by Crippen LogP contribution is 2.29. The first kappa shape index (κ1) is 10.2. The third-order valence-electron chi connectivity index (χ3n) is 2.85. The number of hydrogen-bond acceptors (Lipinski definition) is 1. The molecule has 2 heteroatoms. The van der Waals surface area contributed by atoms with Crippen LogP contribution in [0.15, 0.2) is 18.2 Å². The Morgan fingerprint density at radius 3 is 2.64 bits per heavy atom. The first-order valence-corrected chi connectivity index (χ1v) is 6.02. The number of hydrogen-bond donors (Lipinski definition) is 0. The third kappa shape index (κ3) is 1.86. The molecule has 1 nitrogen and oxygen atoms in total. The molecule has 0 heterocycles. The smallest absolute Gasteiger partial charge is 0.0906 e. The van der Waals surface area contributed by atoms with Crippen LogP contribution in [0.1, 0.15) is 28.1 Å². The van der Waals surface area contributed by atoms with E-state index in [2.05, 4.69) is 53.1 Å². The summed E-state index contributed by atoms with van der Waals surface area (Å²) in [5, 5.41) is 0. The van der Waals surface area contributed by atoms with Crippen molar-refractivity contribution in [2.75, 3.05) is 14.1 Å². The maximum absolute atomic E-state index is 3.68. The standard InChI is InChI=1S/C12H16BrN/c1-14(2)12(13)11-7-6-9-4-3-5-10(9)8-11/h6-8,12H,3-5H2,1-2H3. The summed E-state index contributed by atoms with van der Waals surface area (Å²) in [6, 6.07) is 6.88. The lowest BCUT2D eigenvalue weighted by molar-refractivity contribution is 0.398. The number of fused-ring (bicyclic) bond motifs is 1. The van der Waals surface area contributed by atoms with Crippen molar-refractivity contribution < 1.29 is 0 Å². The second-order valence-corrected chi connectivity index (χ2v) is 5.05. The summed E-state index contributed by atoms with van der Waals surface area (Å²) < 4.78 is 0. The van der Waals surface area contributed by atoms with Crippen LogP contribution in [0.5, 0.6) is 0 Å². The third-order valence-corrected chi connectivity index (χ3v) is 4.20. The van der Waals surface area contributed by atoms with Gasteiger partial charge in [-0.15, -0.1) is 0 Å². The van der Waals surface area contributed by atoms with Gasteiger partial charge >= 0.3 is 0 Å². The van der Waals surface area contributed by atoms with Gasteiger partial charge in [-0.1, -0.05) is 34.1 Å². The first-order chi connectivity index (χ1) is 6.68. The molecule has 0 radical (unpaired) electrons. The second-order valence-electron chi connectivity index (χ2n) is 4.18. The highest BCUT2D eigenvalue weighted by molar-refractivity contribution is 9.09. The Morgan fingerprint density at radius 1 is 1.21 bits per heavy atom. The van der Waals surface area contributed by atoms with Crippen molar-refractivity contribution >= 4 is 15.9 Å². The molecule has 2 rings (SSSR count). The Kier molecular flexibility index (Phi) is 2.93.